The molecule has 1 saturated heterocycles. The van der Waals surface area contributed by atoms with Crippen LogP contribution in [0.3, 0.4) is 0 Å². The summed E-state index contributed by atoms with van der Waals surface area (Å²) in [6, 6.07) is 10.5. The molecule has 0 unspecified atom stereocenters. The fourth-order valence-corrected chi connectivity index (χ4v) is 3.20. The van der Waals surface area contributed by atoms with Gasteiger partial charge in [0, 0.05) is 44.1 Å². The monoisotopic (exact) mass is 383 g/mol. The maximum atomic E-state index is 13.1. The van der Waals surface area contributed by atoms with Crippen LogP contribution < -0.4 is 15.4 Å². The van der Waals surface area contributed by atoms with Crippen molar-refractivity contribution in [1.82, 2.24) is 9.88 Å². The molecule has 7 heteroatoms. The summed E-state index contributed by atoms with van der Waals surface area (Å²) < 4.78 is 18.7. The summed E-state index contributed by atoms with van der Waals surface area (Å²) in [5.41, 5.74) is 8.22. The molecule has 1 aromatic heterocycles. The molecule has 1 aromatic carbocycles. The maximum absolute atomic E-state index is 13.1. The summed E-state index contributed by atoms with van der Waals surface area (Å²) in [6.45, 7) is 4.51. The Kier molecular flexibility index (Phi) is 5.60. The summed E-state index contributed by atoms with van der Waals surface area (Å²) in [6.07, 6.45) is 4.33. The topological polar surface area (TPSA) is 67.0 Å². The van der Waals surface area contributed by atoms with Gasteiger partial charge in [0.15, 0.2) is 5.96 Å². The highest BCUT2D eigenvalue weighted by atomic mass is 19.1. The van der Waals surface area contributed by atoms with E-state index in [1.54, 1.807) is 6.20 Å². The molecule has 6 nitrogen and oxygen atoms in total. The number of guanidine groups is 1. The van der Waals surface area contributed by atoms with Gasteiger partial charge in [0.1, 0.15) is 5.82 Å². The van der Waals surface area contributed by atoms with Crippen LogP contribution >= 0.6 is 0 Å². The molecule has 0 spiro atoms. The lowest BCUT2D eigenvalue weighted by molar-refractivity contribution is 0.288. The summed E-state index contributed by atoms with van der Waals surface area (Å²) >= 11 is 0. The van der Waals surface area contributed by atoms with E-state index in [0.717, 1.165) is 50.0 Å². The Morgan fingerprint density at radius 3 is 2.50 bits per heavy atom. The van der Waals surface area contributed by atoms with Crippen molar-refractivity contribution >= 4 is 11.6 Å². The van der Waals surface area contributed by atoms with Gasteiger partial charge in [0.2, 0.25) is 5.88 Å². The minimum atomic E-state index is -0.212. The fraction of sp³-hybridized carbons (Fsp3) is 0.429. The molecular formula is C21H26FN5O. The molecule has 0 radical (unpaired) electrons. The highest BCUT2D eigenvalue weighted by Gasteiger charge is 2.22. The lowest BCUT2D eigenvalue weighted by atomic mass is 10.2. The summed E-state index contributed by atoms with van der Waals surface area (Å²) in [7, 11) is 0. The molecule has 148 valence electrons. The molecule has 2 aromatic rings. The SMILES string of the molecule is NC(=NCc1ccc(OCC2CC2)nc1)N1CCN(c2ccc(F)cc2)CC1. The number of rotatable bonds is 6. The third-order valence-electron chi connectivity index (χ3n) is 5.18. The Hall–Kier alpha value is -2.83. The number of anilines is 1. The molecule has 2 aliphatic rings. The van der Waals surface area contributed by atoms with Gasteiger partial charge < -0.3 is 20.3 Å². The first-order valence-corrected chi connectivity index (χ1v) is 9.80. The van der Waals surface area contributed by atoms with Crippen LogP contribution in [0.1, 0.15) is 18.4 Å². The normalized spacial score (nSPS) is 17.7. The van der Waals surface area contributed by atoms with Crippen molar-refractivity contribution in [3.05, 3.63) is 54.0 Å². The molecular weight excluding hydrogens is 357 g/mol. The van der Waals surface area contributed by atoms with Crippen LogP contribution in [0.2, 0.25) is 0 Å². The van der Waals surface area contributed by atoms with Gasteiger partial charge in [0.05, 0.1) is 13.2 Å². The minimum absolute atomic E-state index is 0.212. The summed E-state index contributed by atoms with van der Waals surface area (Å²) in [5.74, 6) is 1.72. The zero-order valence-electron chi connectivity index (χ0n) is 15.9. The molecule has 0 atom stereocenters. The molecule has 2 fully saturated rings. The van der Waals surface area contributed by atoms with Gasteiger partial charge in [-0.3, -0.25) is 0 Å². The van der Waals surface area contributed by atoms with E-state index >= 15 is 0 Å². The third kappa shape index (κ3) is 4.91. The number of aromatic nitrogens is 1. The van der Waals surface area contributed by atoms with E-state index in [-0.39, 0.29) is 5.82 Å². The van der Waals surface area contributed by atoms with Crippen LogP contribution in [0.5, 0.6) is 5.88 Å². The molecule has 1 aliphatic carbocycles. The van der Waals surface area contributed by atoms with Crippen molar-refractivity contribution in [3.63, 3.8) is 0 Å². The Balaban J connectivity index is 1.25. The highest BCUT2D eigenvalue weighted by molar-refractivity contribution is 5.78. The molecule has 2 N–H and O–H groups in total. The average Bonchev–Trinajstić information content (AvgIpc) is 3.56. The smallest absolute Gasteiger partial charge is 0.213 e. The van der Waals surface area contributed by atoms with E-state index in [1.807, 2.05) is 24.3 Å². The minimum Gasteiger partial charge on any atom is -0.477 e. The number of nitrogens with zero attached hydrogens (tertiary/aromatic N) is 4. The van der Waals surface area contributed by atoms with Gasteiger partial charge in [-0.2, -0.15) is 0 Å². The molecule has 1 aliphatic heterocycles. The van der Waals surface area contributed by atoms with Gasteiger partial charge in [-0.15, -0.1) is 0 Å². The van der Waals surface area contributed by atoms with Crippen molar-refractivity contribution < 1.29 is 9.13 Å². The van der Waals surface area contributed by atoms with Crippen LogP contribution in [0, 0.1) is 11.7 Å². The van der Waals surface area contributed by atoms with Gasteiger partial charge in [-0.05, 0) is 48.6 Å². The van der Waals surface area contributed by atoms with Gasteiger partial charge in [0.25, 0.3) is 0 Å². The van der Waals surface area contributed by atoms with E-state index in [1.165, 1.54) is 25.0 Å². The van der Waals surface area contributed by atoms with Crippen molar-refractivity contribution in [3.8, 4) is 5.88 Å². The average molecular weight is 383 g/mol. The zero-order chi connectivity index (χ0) is 19.3. The van der Waals surface area contributed by atoms with Crippen LogP contribution in [-0.4, -0.2) is 48.6 Å². The lowest BCUT2D eigenvalue weighted by Gasteiger charge is -2.36. The van der Waals surface area contributed by atoms with Crippen molar-refractivity contribution in [2.24, 2.45) is 16.6 Å². The predicted molar refractivity (Wildman–Crippen MR) is 108 cm³/mol. The van der Waals surface area contributed by atoms with Gasteiger partial charge in [-0.25, -0.2) is 14.4 Å². The zero-order valence-corrected chi connectivity index (χ0v) is 15.9. The maximum Gasteiger partial charge on any atom is 0.213 e. The second kappa shape index (κ2) is 8.46. The number of benzene rings is 1. The molecule has 0 amide bonds. The first-order valence-electron chi connectivity index (χ1n) is 9.80. The van der Waals surface area contributed by atoms with Crippen LogP contribution in [0.4, 0.5) is 10.1 Å². The second-order valence-electron chi connectivity index (χ2n) is 7.38. The number of nitrogens with two attached hydrogens (primary N) is 1. The Morgan fingerprint density at radius 2 is 1.86 bits per heavy atom. The highest BCUT2D eigenvalue weighted by Crippen LogP contribution is 2.29. The number of hydrogen-bond acceptors (Lipinski definition) is 4. The third-order valence-corrected chi connectivity index (χ3v) is 5.18. The van der Waals surface area contributed by atoms with Gasteiger partial charge in [-0.1, -0.05) is 6.07 Å². The lowest BCUT2D eigenvalue weighted by Crippen LogP contribution is -2.51. The van der Waals surface area contributed by atoms with Crippen LogP contribution in [0.25, 0.3) is 0 Å². The van der Waals surface area contributed by atoms with E-state index < -0.39 is 0 Å². The van der Waals surface area contributed by atoms with Crippen LogP contribution in [0.15, 0.2) is 47.6 Å². The largest absolute Gasteiger partial charge is 0.477 e. The Bertz CT molecular complexity index is 797. The molecule has 0 bridgehead atoms. The number of halogens is 1. The standard InChI is InChI=1S/C21H26FN5O/c22-18-4-6-19(7-5-18)26-9-11-27(12-10-26)21(23)25-14-17-3-8-20(24-13-17)28-15-16-1-2-16/h3-8,13,16H,1-2,9-12,14-15H2,(H2,23,25). The summed E-state index contributed by atoms with van der Waals surface area (Å²) in [4.78, 5) is 13.2. The van der Waals surface area contributed by atoms with E-state index in [4.69, 9.17) is 10.5 Å². The fourth-order valence-electron chi connectivity index (χ4n) is 3.20. The van der Waals surface area contributed by atoms with E-state index in [0.29, 0.717) is 18.4 Å². The molecule has 28 heavy (non-hydrogen) atoms. The first-order chi connectivity index (χ1) is 13.7. The van der Waals surface area contributed by atoms with Crippen molar-refractivity contribution in [2.45, 2.75) is 19.4 Å². The number of ether oxygens (including phenoxy) is 1. The predicted octanol–water partition coefficient (Wildman–Crippen LogP) is 2.65. The first kappa shape index (κ1) is 18.5. The number of hydrogen-bond donors (Lipinski definition) is 1. The Labute approximate surface area is 164 Å². The quantitative estimate of drug-likeness (QED) is 0.614. The second-order valence-corrected chi connectivity index (χ2v) is 7.38. The van der Waals surface area contributed by atoms with Gasteiger partial charge >= 0.3 is 0 Å². The molecule has 2 heterocycles. The Morgan fingerprint density at radius 1 is 1.11 bits per heavy atom. The molecule has 1 saturated carbocycles. The van der Waals surface area contributed by atoms with Crippen molar-refractivity contribution in [1.29, 1.82) is 0 Å². The molecule has 4 rings (SSSR count). The van der Waals surface area contributed by atoms with Crippen LogP contribution in [-0.2, 0) is 6.54 Å². The number of pyridine rings is 1. The number of aliphatic imine (C=N–C) groups is 1. The number of piperazine rings is 1. The van der Waals surface area contributed by atoms with Crippen molar-refractivity contribution in [2.75, 3.05) is 37.7 Å². The summed E-state index contributed by atoms with van der Waals surface area (Å²) in [5, 5.41) is 0. The van der Waals surface area contributed by atoms with E-state index in [2.05, 4.69) is 19.8 Å². The van der Waals surface area contributed by atoms with E-state index in [9.17, 15) is 4.39 Å².